The fraction of sp³-hybridized carbons (Fsp3) is 0.167. The van der Waals surface area contributed by atoms with Crippen LogP contribution in [0.3, 0.4) is 0 Å². The third-order valence-corrected chi connectivity index (χ3v) is 4.59. The molecule has 0 fully saturated rings. The zero-order valence-corrected chi connectivity index (χ0v) is 18.0. The number of methoxy groups -OCH3 is 3. The van der Waals surface area contributed by atoms with E-state index in [0.29, 0.717) is 35.2 Å². The third-order valence-electron chi connectivity index (χ3n) is 4.59. The van der Waals surface area contributed by atoms with E-state index in [-0.39, 0.29) is 5.56 Å². The van der Waals surface area contributed by atoms with Crippen LogP contribution in [-0.2, 0) is 6.61 Å². The summed E-state index contributed by atoms with van der Waals surface area (Å²) >= 11 is 0. The van der Waals surface area contributed by atoms with E-state index in [4.69, 9.17) is 18.9 Å². The molecule has 0 atom stereocenters. The lowest BCUT2D eigenvalue weighted by Crippen LogP contribution is -2.41. The maximum absolute atomic E-state index is 12.6. The molecule has 32 heavy (non-hydrogen) atoms. The van der Waals surface area contributed by atoms with E-state index in [1.165, 1.54) is 33.5 Å². The first kappa shape index (κ1) is 22.5. The Labute approximate surface area is 186 Å². The van der Waals surface area contributed by atoms with Gasteiger partial charge in [-0.05, 0) is 42.0 Å². The van der Waals surface area contributed by atoms with Crippen molar-refractivity contribution in [2.75, 3.05) is 21.3 Å². The molecule has 3 aromatic rings. The number of nitrogens with one attached hydrogen (secondary N) is 2. The molecule has 0 spiro atoms. The number of amides is 2. The van der Waals surface area contributed by atoms with Crippen molar-refractivity contribution in [2.24, 2.45) is 0 Å². The standard InChI is InChI=1S/C24H24N2O6/c1-29-19-11-9-17(10-12-19)23(27)25-26-24(28)18-13-20(30-2)22(21(14-18)31-3)32-15-16-7-5-4-6-8-16/h4-14H,15H2,1-3H3,(H,25,27)(H,26,28). The smallest absolute Gasteiger partial charge is 0.269 e. The molecular formula is C24H24N2O6. The van der Waals surface area contributed by atoms with Crippen molar-refractivity contribution in [3.05, 3.63) is 83.4 Å². The molecule has 0 bridgehead atoms. The van der Waals surface area contributed by atoms with Crippen LogP contribution in [-0.4, -0.2) is 33.1 Å². The Morgan fingerprint density at radius 1 is 0.719 bits per heavy atom. The topological polar surface area (TPSA) is 95.1 Å². The molecular weight excluding hydrogens is 412 g/mol. The quantitative estimate of drug-likeness (QED) is 0.526. The van der Waals surface area contributed by atoms with Gasteiger partial charge in [-0.3, -0.25) is 20.4 Å². The van der Waals surface area contributed by atoms with Crippen molar-refractivity contribution in [3.63, 3.8) is 0 Å². The van der Waals surface area contributed by atoms with E-state index in [9.17, 15) is 9.59 Å². The summed E-state index contributed by atoms with van der Waals surface area (Å²) < 4.78 is 21.7. The van der Waals surface area contributed by atoms with Gasteiger partial charge in [-0.1, -0.05) is 30.3 Å². The fourth-order valence-corrected chi connectivity index (χ4v) is 2.88. The second-order valence-electron chi connectivity index (χ2n) is 6.62. The number of carbonyl (C=O) groups excluding carboxylic acids is 2. The molecule has 2 amide bonds. The normalized spacial score (nSPS) is 10.1. The van der Waals surface area contributed by atoms with Gasteiger partial charge in [0.15, 0.2) is 11.5 Å². The van der Waals surface area contributed by atoms with Crippen molar-refractivity contribution >= 4 is 11.8 Å². The van der Waals surface area contributed by atoms with Crippen LogP contribution in [0.5, 0.6) is 23.0 Å². The Balaban J connectivity index is 1.70. The van der Waals surface area contributed by atoms with Crippen molar-refractivity contribution in [3.8, 4) is 23.0 Å². The zero-order valence-electron chi connectivity index (χ0n) is 18.0. The lowest BCUT2D eigenvalue weighted by molar-refractivity contribution is 0.0846. The number of ether oxygens (including phenoxy) is 4. The van der Waals surface area contributed by atoms with E-state index in [1.54, 1.807) is 24.3 Å². The largest absolute Gasteiger partial charge is 0.497 e. The summed E-state index contributed by atoms with van der Waals surface area (Å²) in [5, 5.41) is 0. The van der Waals surface area contributed by atoms with Gasteiger partial charge >= 0.3 is 0 Å². The number of carbonyl (C=O) groups is 2. The predicted octanol–water partition coefficient (Wildman–Crippen LogP) is 3.37. The van der Waals surface area contributed by atoms with Crippen LogP contribution >= 0.6 is 0 Å². The molecule has 2 N–H and O–H groups in total. The van der Waals surface area contributed by atoms with Gasteiger partial charge in [0.2, 0.25) is 5.75 Å². The average Bonchev–Trinajstić information content (AvgIpc) is 2.85. The Hall–Kier alpha value is -4.20. The first-order valence-electron chi connectivity index (χ1n) is 9.73. The average molecular weight is 436 g/mol. The number of hydrogen-bond acceptors (Lipinski definition) is 6. The first-order valence-corrected chi connectivity index (χ1v) is 9.73. The molecule has 8 heteroatoms. The number of hydrazine groups is 1. The Morgan fingerprint density at radius 2 is 1.28 bits per heavy atom. The minimum absolute atomic E-state index is 0.223. The molecule has 0 heterocycles. The van der Waals surface area contributed by atoms with E-state index >= 15 is 0 Å². The Bertz CT molecular complexity index is 1040. The van der Waals surface area contributed by atoms with E-state index in [2.05, 4.69) is 10.9 Å². The second-order valence-corrected chi connectivity index (χ2v) is 6.62. The maximum atomic E-state index is 12.6. The Morgan fingerprint density at radius 3 is 1.81 bits per heavy atom. The lowest BCUT2D eigenvalue weighted by atomic mass is 10.1. The SMILES string of the molecule is COc1ccc(C(=O)NNC(=O)c2cc(OC)c(OCc3ccccc3)c(OC)c2)cc1. The van der Waals surface area contributed by atoms with E-state index in [0.717, 1.165) is 5.56 Å². The molecule has 0 saturated heterocycles. The second kappa shape index (κ2) is 10.7. The highest BCUT2D eigenvalue weighted by Crippen LogP contribution is 2.39. The molecule has 0 aliphatic rings. The van der Waals surface area contributed by atoms with Crippen molar-refractivity contribution in [1.29, 1.82) is 0 Å². The molecule has 3 aromatic carbocycles. The maximum Gasteiger partial charge on any atom is 0.269 e. The molecule has 3 rings (SSSR count). The van der Waals surface area contributed by atoms with Crippen LogP contribution in [0.15, 0.2) is 66.7 Å². The van der Waals surface area contributed by atoms with Crippen molar-refractivity contribution < 1.29 is 28.5 Å². The van der Waals surface area contributed by atoms with Gasteiger partial charge in [0, 0.05) is 11.1 Å². The van der Waals surface area contributed by atoms with Crippen LogP contribution in [0, 0.1) is 0 Å². The summed E-state index contributed by atoms with van der Waals surface area (Å²) in [6, 6.07) is 19.1. The lowest BCUT2D eigenvalue weighted by Gasteiger charge is -2.16. The zero-order chi connectivity index (χ0) is 22.9. The number of hydrogen-bond donors (Lipinski definition) is 2. The van der Waals surface area contributed by atoms with Crippen LogP contribution in [0.4, 0.5) is 0 Å². The minimum Gasteiger partial charge on any atom is -0.497 e. The van der Waals surface area contributed by atoms with Gasteiger partial charge in [0.05, 0.1) is 21.3 Å². The third kappa shape index (κ3) is 5.48. The van der Waals surface area contributed by atoms with Crippen molar-refractivity contribution in [2.45, 2.75) is 6.61 Å². The number of rotatable bonds is 8. The van der Waals surface area contributed by atoms with Gasteiger partial charge in [-0.2, -0.15) is 0 Å². The minimum atomic E-state index is -0.543. The first-order chi connectivity index (χ1) is 15.5. The molecule has 0 saturated carbocycles. The summed E-state index contributed by atoms with van der Waals surface area (Å²) in [6.07, 6.45) is 0. The number of benzene rings is 3. The Kier molecular flexibility index (Phi) is 7.53. The van der Waals surface area contributed by atoms with Crippen LogP contribution in [0.2, 0.25) is 0 Å². The summed E-state index contributed by atoms with van der Waals surface area (Å²) in [7, 11) is 4.48. The van der Waals surface area contributed by atoms with Crippen LogP contribution in [0.1, 0.15) is 26.3 Å². The molecule has 0 aromatic heterocycles. The molecule has 8 nitrogen and oxygen atoms in total. The summed E-state index contributed by atoms with van der Waals surface area (Å²) in [6.45, 7) is 0.303. The molecule has 166 valence electrons. The highest BCUT2D eigenvalue weighted by atomic mass is 16.5. The van der Waals surface area contributed by atoms with E-state index < -0.39 is 11.8 Å². The van der Waals surface area contributed by atoms with Gasteiger partial charge in [0.1, 0.15) is 12.4 Å². The molecule has 0 aliphatic carbocycles. The highest BCUT2D eigenvalue weighted by Gasteiger charge is 2.18. The van der Waals surface area contributed by atoms with Gasteiger partial charge in [-0.15, -0.1) is 0 Å². The van der Waals surface area contributed by atoms with Gasteiger partial charge in [0.25, 0.3) is 11.8 Å². The van der Waals surface area contributed by atoms with Gasteiger partial charge in [-0.25, -0.2) is 0 Å². The summed E-state index contributed by atoms with van der Waals surface area (Å²) in [5.41, 5.74) is 6.32. The molecule has 0 radical (unpaired) electrons. The monoisotopic (exact) mass is 436 g/mol. The molecule has 0 unspecified atom stereocenters. The van der Waals surface area contributed by atoms with Crippen molar-refractivity contribution in [1.82, 2.24) is 10.9 Å². The van der Waals surface area contributed by atoms with Crippen LogP contribution < -0.4 is 29.8 Å². The predicted molar refractivity (Wildman–Crippen MR) is 118 cm³/mol. The summed E-state index contributed by atoms with van der Waals surface area (Å²) in [4.78, 5) is 24.9. The summed E-state index contributed by atoms with van der Waals surface area (Å²) in [5.74, 6) is 0.636. The van der Waals surface area contributed by atoms with Gasteiger partial charge < -0.3 is 18.9 Å². The molecule has 0 aliphatic heterocycles. The van der Waals surface area contributed by atoms with E-state index in [1.807, 2.05) is 30.3 Å². The highest BCUT2D eigenvalue weighted by molar-refractivity contribution is 5.99. The van der Waals surface area contributed by atoms with Crippen LogP contribution in [0.25, 0.3) is 0 Å². The fourth-order valence-electron chi connectivity index (χ4n) is 2.88.